The highest BCUT2D eigenvalue weighted by Gasteiger charge is 2.33. The second kappa shape index (κ2) is 5.29. The molecule has 90 valence electrons. The smallest absolute Gasteiger partial charge is 0.323 e. The SMILES string of the molecule is CCN(Cc1sccc1Br)C(C)(C)C(=O)O. The molecule has 0 unspecified atom stereocenters. The van der Waals surface area contributed by atoms with Gasteiger partial charge in [-0.25, -0.2) is 0 Å². The molecule has 0 aliphatic carbocycles. The third-order valence-electron chi connectivity index (χ3n) is 2.72. The van der Waals surface area contributed by atoms with Crippen molar-refractivity contribution in [2.75, 3.05) is 6.54 Å². The van der Waals surface area contributed by atoms with E-state index in [4.69, 9.17) is 0 Å². The van der Waals surface area contributed by atoms with Crippen molar-refractivity contribution in [3.8, 4) is 0 Å². The quantitative estimate of drug-likeness (QED) is 0.908. The summed E-state index contributed by atoms with van der Waals surface area (Å²) < 4.78 is 1.05. The van der Waals surface area contributed by atoms with Crippen LogP contribution in [0.3, 0.4) is 0 Å². The van der Waals surface area contributed by atoms with E-state index >= 15 is 0 Å². The van der Waals surface area contributed by atoms with Gasteiger partial charge in [0.1, 0.15) is 5.54 Å². The van der Waals surface area contributed by atoms with Gasteiger partial charge in [0, 0.05) is 15.9 Å². The molecular weight excluding hydrogens is 290 g/mol. The first-order chi connectivity index (χ1) is 7.39. The standard InChI is InChI=1S/C11H16BrNO2S/c1-4-13(11(2,3)10(14)15)7-9-8(12)5-6-16-9/h5-6H,4,7H2,1-3H3,(H,14,15). The van der Waals surface area contributed by atoms with Crippen molar-refractivity contribution in [2.45, 2.75) is 32.9 Å². The van der Waals surface area contributed by atoms with E-state index in [-0.39, 0.29) is 0 Å². The summed E-state index contributed by atoms with van der Waals surface area (Å²) in [5.74, 6) is -0.790. The molecule has 1 rings (SSSR count). The average molecular weight is 306 g/mol. The van der Waals surface area contributed by atoms with Crippen LogP contribution in [0.5, 0.6) is 0 Å². The largest absolute Gasteiger partial charge is 0.480 e. The lowest BCUT2D eigenvalue weighted by Crippen LogP contribution is -2.49. The van der Waals surface area contributed by atoms with Gasteiger partial charge >= 0.3 is 5.97 Å². The van der Waals surface area contributed by atoms with Crippen LogP contribution in [0.25, 0.3) is 0 Å². The molecule has 1 aromatic rings. The van der Waals surface area contributed by atoms with Crippen LogP contribution in [0.15, 0.2) is 15.9 Å². The summed E-state index contributed by atoms with van der Waals surface area (Å²) in [6, 6.07) is 1.99. The second-order valence-electron chi connectivity index (χ2n) is 4.07. The predicted octanol–water partition coefficient (Wildman–Crippen LogP) is 3.20. The molecule has 0 atom stereocenters. The number of carboxylic acids is 1. The molecule has 1 N–H and O–H groups in total. The average Bonchev–Trinajstić information content (AvgIpc) is 2.60. The van der Waals surface area contributed by atoms with Gasteiger partial charge in [-0.15, -0.1) is 11.3 Å². The van der Waals surface area contributed by atoms with Gasteiger partial charge in [-0.1, -0.05) is 6.92 Å². The van der Waals surface area contributed by atoms with Gasteiger partial charge in [0.2, 0.25) is 0 Å². The highest BCUT2D eigenvalue weighted by molar-refractivity contribution is 9.10. The van der Waals surface area contributed by atoms with E-state index in [0.29, 0.717) is 13.1 Å². The molecule has 0 fully saturated rings. The summed E-state index contributed by atoms with van der Waals surface area (Å²) in [5.41, 5.74) is -0.835. The molecule has 0 aliphatic heterocycles. The van der Waals surface area contributed by atoms with E-state index in [9.17, 15) is 9.90 Å². The number of carbonyl (C=O) groups is 1. The molecule has 1 heterocycles. The fourth-order valence-corrected chi connectivity index (χ4v) is 2.94. The Labute approximate surface area is 108 Å². The number of likely N-dealkylation sites (N-methyl/N-ethyl adjacent to an activating group) is 1. The molecule has 0 bridgehead atoms. The molecular formula is C11H16BrNO2S. The third kappa shape index (κ3) is 2.84. The van der Waals surface area contributed by atoms with Crippen LogP contribution in [0.4, 0.5) is 0 Å². The van der Waals surface area contributed by atoms with Crippen LogP contribution in [0.1, 0.15) is 25.6 Å². The summed E-state index contributed by atoms with van der Waals surface area (Å²) in [4.78, 5) is 14.3. The third-order valence-corrected chi connectivity index (χ3v) is 4.63. The van der Waals surface area contributed by atoms with Gasteiger partial charge in [-0.2, -0.15) is 0 Å². The zero-order chi connectivity index (χ0) is 12.3. The van der Waals surface area contributed by atoms with Crippen LogP contribution >= 0.6 is 27.3 Å². The van der Waals surface area contributed by atoms with Crippen molar-refractivity contribution in [3.63, 3.8) is 0 Å². The van der Waals surface area contributed by atoms with Gasteiger partial charge in [-0.3, -0.25) is 9.69 Å². The van der Waals surface area contributed by atoms with Gasteiger partial charge in [0.25, 0.3) is 0 Å². The Balaban J connectivity index is 2.85. The number of aliphatic carboxylic acids is 1. The van der Waals surface area contributed by atoms with Crippen LogP contribution in [-0.2, 0) is 11.3 Å². The number of thiophene rings is 1. The number of hydrogen-bond acceptors (Lipinski definition) is 3. The molecule has 0 radical (unpaired) electrons. The lowest BCUT2D eigenvalue weighted by atomic mass is 10.0. The first kappa shape index (κ1) is 13.7. The summed E-state index contributed by atoms with van der Waals surface area (Å²) >= 11 is 5.10. The Morgan fingerprint density at radius 1 is 1.62 bits per heavy atom. The molecule has 0 saturated carbocycles. The Morgan fingerprint density at radius 2 is 2.25 bits per heavy atom. The van der Waals surface area contributed by atoms with Crippen molar-refractivity contribution >= 4 is 33.2 Å². The zero-order valence-corrected chi connectivity index (χ0v) is 12.1. The summed E-state index contributed by atoms with van der Waals surface area (Å²) in [6.07, 6.45) is 0. The first-order valence-electron chi connectivity index (χ1n) is 5.10. The maximum Gasteiger partial charge on any atom is 0.323 e. The normalized spacial score (nSPS) is 12.1. The van der Waals surface area contributed by atoms with Gasteiger partial charge < -0.3 is 5.11 Å². The van der Waals surface area contributed by atoms with Crippen molar-refractivity contribution in [1.82, 2.24) is 4.90 Å². The van der Waals surface area contributed by atoms with Crippen LogP contribution in [0, 0.1) is 0 Å². The molecule has 0 spiro atoms. The minimum Gasteiger partial charge on any atom is -0.480 e. The number of nitrogens with zero attached hydrogens (tertiary/aromatic N) is 1. The van der Waals surface area contributed by atoms with Crippen molar-refractivity contribution in [1.29, 1.82) is 0 Å². The maximum absolute atomic E-state index is 11.2. The Kier molecular flexibility index (Phi) is 4.52. The summed E-state index contributed by atoms with van der Waals surface area (Å²) in [7, 11) is 0. The lowest BCUT2D eigenvalue weighted by molar-refractivity contribution is -0.149. The van der Waals surface area contributed by atoms with Gasteiger partial charge in [-0.05, 0) is 47.8 Å². The lowest BCUT2D eigenvalue weighted by Gasteiger charge is -2.33. The molecule has 0 saturated heterocycles. The van der Waals surface area contributed by atoms with Gasteiger partial charge in [0.15, 0.2) is 0 Å². The van der Waals surface area contributed by atoms with E-state index in [0.717, 1.165) is 9.35 Å². The minimum atomic E-state index is -0.835. The molecule has 3 nitrogen and oxygen atoms in total. The van der Waals surface area contributed by atoms with E-state index < -0.39 is 11.5 Å². The highest BCUT2D eigenvalue weighted by Crippen LogP contribution is 2.27. The monoisotopic (exact) mass is 305 g/mol. The Bertz CT molecular complexity index is 376. The number of hydrogen-bond donors (Lipinski definition) is 1. The molecule has 16 heavy (non-hydrogen) atoms. The predicted molar refractivity (Wildman–Crippen MR) is 69.8 cm³/mol. The Morgan fingerprint density at radius 3 is 2.62 bits per heavy atom. The molecule has 0 amide bonds. The minimum absolute atomic E-state index is 0.661. The molecule has 0 aromatic carbocycles. The second-order valence-corrected chi connectivity index (χ2v) is 5.93. The molecule has 1 aromatic heterocycles. The molecule has 5 heteroatoms. The van der Waals surface area contributed by atoms with E-state index in [1.807, 2.05) is 23.3 Å². The first-order valence-corrected chi connectivity index (χ1v) is 6.77. The fraction of sp³-hybridized carbons (Fsp3) is 0.545. The van der Waals surface area contributed by atoms with E-state index in [1.54, 1.807) is 25.2 Å². The maximum atomic E-state index is 11.2. The fourth-order valence-electron chi connectivity index (χ4n) is 1.45. The Hall–Kier alpha value is -0.390. The summed E-state index contributed by atoms with van der Waals surface area (Å²) in [5, 5.41) is 11.2. The number of carboxylic acid groups (broad SMARTS) is 1. The van der Waals surface area contributed by atoms with E-state index in [1.165, 1.54) is 0 Å². The molecule has 0 aliphatic rings. The van der Waals surface area contributed by atoms with Crippen LogP contribution in [-0.4, -0.2) is 28.1 Å². The number of halogens is 1. The highest BCUT2D eigenvalue weighted by atomic mass is 79.9. The van der Waals surface area contributed by atoms with Crippen LogP contribution in [0.2, 0.25) is 0 Å². The van der Waals surface area contributed by atoms with Gasteiger partial charge in [0.05, 0.1) is 0 Å². The topological polar surface area (TPSA) is 40.5 Å². The van der Waals surface area contributed by atoms with Crippen molar-refractivity contribution in [3.05, 3.63) is 20.8 Å². The summed E-state index contributed by atoms with van der Waals surface area (Å²) in [6.45, 7) is 6.82. The van der Waals surface area contributed by atoms with Crippen LogP contribution < -0.4 is 0 Å². The van der Waals surface area contributed by atoms with Crippen molar-refractivity contribution < 1.29 is 9.90 Å². The number of rotatable bonds is 5. The zero-order valence-electron chi connectivity index (χ0n) is 9.66. The van der Waals surface area contributed by atoms with E-state index in [2.05, 4.69) is 15.9 Å². The van der Waals surface area contributed by atoms with Crippen molar-refractivity contribution in [2.24, 2.45) is 0 Å².